The van der Waals surface area contributed by atoms with Gasteiger partial charge in [-0.2, -0.15) is 21.0 Å². The van der Waals surface area contributed by atoms with Crippen LogP contribution in [0.2, 0.25) is 0 Å². The van der Waals surface area contributed by atoms with E-state index in [4.69, 9.17) is 25.3 Å². The highest BCUT2D eigenvalue weighted by Gasteiger charge is 2.52. The van der Waals surface area contributed by atoms with E-state index in [0.717, 1.165) is 22.5 Å². The van der Waals surface area contributed by atoms with Gasteiger partial charge in [-0.3, -0.25) is 0 Å². The number of hydrogen-bond acceptors (Lipinski definition) is 11. The Morgan fingerprint density at radius 1 is 0.607 bits per heavy atom. The maximum atomic E-state index is 10.1. The topological polar surface area (TPSA) is 227 Å². The molecule has 0 aromatic heterocycles. The first-order valence-corrected chi connectivity index (χ1v) is 19.7. The summed E-state index contributed by atoms with van der Waals surface area (Å²) >= 11 is 0. The van der Waals surface area contributed by atoms with Crippen molar-refractivity contribution in [3.63, 3.8) is 0 Å². The fraction of sp³-hybridized carbons (Fsp3) is 0.391. The lowest BCUT2D eigenvalue weighted by Gasteiger charge is -2.36. The molecule has 15 nitrogen and oxygen atoms in total. The second-order valence-electron chi connectivity index (χ2n) is 16.9. The molecule has 3 aliphatic rings. The maximum absolute atomic E-state index is 10.1. The molecule has 0 N–H and O–H groups in total. The quantitative estimate of drug-likeness (QED) is 0.0857. The van der Waals surface area contributed by atoms with E-state index in [1.165, 1.54) is 0 Å². The Labute approximate surface area is 356 Å². The van der Waals surface area contributed by atoms with Gasteiger partial charge in [0.25, 0.3) is 0 Å². The minimum atomic E-state index is -0.699. The van der Waals surface area contributed by atoms with Crippen LogP contribution in [-0.2, 0) is 14.2 Å². The average molecular weight is 817 g/mol. The fourth-order valence-corrected chi connectivity index (χ4v) is 7.21. The number of hydrogen-bond donors (Lipinski definition) is 0. The molecule has 0 spiro atoms. The second kappa shape index (κ2) is 19.1. The smallest absolute Gasteiger partial charge is 0.137 e. The van der Waals surface area contributed by atoms with Gasteiger partial charge in [-0.1, -0.05) is 76.0 Å². The molecular weight excluding hydrogens is 769 g/mol. The van der Waals surface area contributed by atoms with E-state index >= 15 is 0 Å². The summed E-state index contributed by atoms with van der Waals surface area (Å²) in [6, 6.07) is 23.9. The molecule has 15 heteroatoms. The lowest BCUT2D eigenvalue weighted by Crippen LogP contribution is -2.28. The first kappa shape index (κ1) is 44.7. The molecule has 3 heterocycles. The largest absolute Gasteiger partial charge is 0.465 e. The summed E-state index contributed by atoms with van der Waals surface area (Å²) in [4.78, 5) is 9.70. The van der Waals surface area contributed by atoms with Crippen LogP contribution in [0.1, 0.15) is 64.9 Å². The zero-order valence-corrected chi connectivity index (χ0v) is 35.7. The third-order valence-electron chi connectivity index (χ3n) is 10.6. The van der Waals surface area contributed by atoms with Crippen LogP contribution in [0.4, 0.5) is 11.4 Å². The lowest BCUT2D eigenvalue weighted by atomic mass is 9.77. The van der Waals surface area contributed by atoms with Crippen molar-refractivity contribution in [3.8, 4) is 24.3 Å². The average Bonchev–Trinajstić information content (AvgIpc) is 3.65. The number of nitriles is 4. The van der Waals surface area contributed by atoms with E-state index in [1.54, 1.807) is 24.3 Å². The molecule has 0 amide bonds. The summed E-state index contributed by atoms with van der Waals surface area (Å²) in [5.41, 5.74) is 20.5. The van der Waals surface area contributed by atoms with Crippen LogP contribution < -0.4 is 9.80 Å². The Morgan fingerprint density at radius 3 is 1.25 bits per heavy atom. The molecular formula is C46H48N12O3. The van der Waals surface area contributed by atoms with Crippen LogP contribution in [0, 0.1) is 68.0 Å². The number of ether oxygens (including phenoxy) is 3. The maximum Gasteiger partial charge on any atom is 0.137 e. The zero-order chi connectivity index (χ0) is 44.5. The van der Waals surface area contributed by atoms with Gasteiger partial charge in [0, 0.05) is 83.4 Å². The monoisotopic (exact) mass is 816 g/mol. The first-order valence-electron chi connectivity index (χ1n) is 19.7. The Kier molecular flexibility index (Phi) is 14.0. The van der Waals surface area contributed by atoms with Gasteiger partial charge in [0.15, 0.2) is 0 Å². The molecule has 2 aromatic carbocycles. The molecule has 0 saturated carbocycles. The molecule has 5 rings (SSSR count). The van der Waals surface area contributed by atoms with Gasteiger partial charge in [0.2, 0.25) is 0 Å². The van der Waals surface area contributed by atoms with Crippen molar-refractivity contribution in [2.75, 3.05) is 50.1 Å². The van der Waals surface area contributed by atoms with Gasteiger partial charge >= 0.3 is 0 Å². The van der Waals surface area contributed by atoms with Crippen LogP contribution in [0.3, 0.4) is 0 Å². The minimum absolute atomic E-state index is 0.0802. The normalized spacial score (nSPS) is 19.5. The van der Waals surface area contributed by atoms with E-state index in [-0.39, 0.29) is 11.1 Å². The Hall–Kier alpha value is -7.38. The molecule has 2 aromatic rings. The van der Waals surface area contributed by atoms with Crippen molar-refractivity contribution in [1.82, 2.24) is 0 Å². The van der Waals surface area contributed by atoms with Gasteiger partial charge < -0.3 is 24.0 Å². The number of anilines is 2. The molecule has 4 unspecified atom stereocenters. The SMILES string of the molecule is CN(CCN=[N+]=[N-])c1ccc(C2OC(c3ccc(N(C)CCN=[N+]=[N-])cc3)C(C3=CC(=C(C#N)C#N)C=C(C(C)(C)C)O3)C2C2=CC(=C(C#N)C#N)C=C(C(C)(C)C)O2)cc1. The standard InChI is InChI=1S/C46H48N12O3/c1-45(2,3)39-23-31(33(25-47)26-48)21-37(59-39)41-42(38-22-32(34(27-49)28-50)24-40(60-38)46(4,5)6)44(30-11-15-36(16-12-30)58(8)20-18-54-56-52)61-43(41)29-9-13-35(14-10-29)57(7)19-17-53-55-51/h9-16,21-24,41-44H,17-20H2,1-8H3. The molecule has 1 fully saturated rings. The van der Waals surface area contributed by atoms with Gasteiger partial charge in [-0.15, -0.1) is 0 Å². The highest BCUT2D eigenvalue weighted by atomic mass is 16.5. The van der Waals surface area contributed by atoms with E-state index in [2.05, 4.69) is 20.1 Å². The highest BCUT2D eigenvalue weighted by Crippen LogP contribution is 2.58. The number of rotatable bonds is 12. The van der Waals surface area contributed by atoms with Gasteiger partial charge in [0.1, 0.15) is 58.5 Å². The van der Waals surface area contributed by atoms with E-state index in [9.17, 15) is 21.0 Å². The van der Waals surface area contributed by atoms with Crippen molar-refractivity contribution in [2.24, 2.45) is 32.9 Å². The van der Waals surface area contributed by atoms with E-state index < -0.39 is 34.9 Å². The number of benzene rings is 2. The lowest BCUT2D eigenvalue weighted by molar-refractivity contribution is 0.0234. The predicted octanol–water partition coefficient (Wildman–Crippen LogP) is 10.6. The number of nitrogens with zero attached hydrogens (tertiary/aromatic N) is 12. The van der Waals surface area contributed by atoms with Crippen LogP contribution >= 0.6 is 0 Å². The summed E-state index contributed by atoms with van der Waals surface area (Å²) in [5, 5.41) is 47.7. The number of likely N-dealkylation sites (N-methyl/N-ethyl adjacent to an activating group) is 2. The molecule has 3 aliphatic heterocycles. The van der Waals surface area contributed by atoms with Crippen LogP contribution in [-0.4, -0.2) is 40.3 Å². The summed E-state index contributed by atoms with van der Waals surface area (Å²) < 4.78 is 21.0. The molecule has 61 heavy (non-hydrogen) atoms. The van der Waals surface area contributed by atoms with Gasteiger partial charge in [-0.25, -0.2) is 0 Å². The van der Waals surface area contributed by atoms with Crippen LogP contribution in [0.25, 0.3) is 20.9 Å². The molecule has 0 aliphatic carbocycles. The summed E-state index contributed by atoms with van der Waals surface area (Å²) in [6.07, 6.45) is 5.51. The summed E-state index contributed by atoms with van der Waals surface area (Å²) in [6.45, 7) is 13.5. The van der Waals surface area contributed by atoms with Gasteiger partial charge in [-0.05, 0) is 70.8 Å². The van der Waals surface area contributed by atoms with Crippen molar-refractivity contribution in [2.45, 2.75) is 53.8 Å². The second-order valence-corrected chi connectivity index (χ2v) is 16.9. The molecule has 0 bridgehead atoms. The summed E-state index contributed by atoms with van der Waals surface area (Å²) in [5.74, 6) is 0.637. The van der Waals surface area contributed by atoms with Crippen molar-refractivity contribution in [3.05, 3.63) is 150 Å². The van der Waals surface area contributed by atoms with Crippen LogP contribution in [0.15, 0.2) is 128 Å². The number of azide groups is 2. The molecule has 1 saturated heterocycles. The van der Waals surface area contributed by atoms with Crippen molar-refractivity contribution < 1.29 is 14.2 Å². The third kappa shape index (κ3) is 10.3. The third-order valence-corrected chi connectivity index (χ3v) is 10.6. The molecule has 310 valence electrons. The summed E-state index contributed by atoms with van der Waals surface area (Å²) in [7, 11) is 3.82. The Morgan fingerprint density at radius 2 is 0.951 bits per heavy atom. The minimum Gasteiger partial charge on any atom is -0.465 e. The molecule has 0 radical (unpaired) electrons. The first-order chi connectivity index (χ1) is 29.1. The molecule has 4 atom stereocenters. The van der Waals surface area contributed by atoms with E-state index in [0.29, 0.717) is 60.4 Å². The van der Waals surface area contributed by atoms with Crippen LogP contribution in [0.5, 0.6) is 0 Å². The van der Waals surface area contributed by atoms with Crippen molar-refractivity contribution in [1.29, 1.82) is 21.0 Å². The zero-order valence-electron chi connectivity index (χ0n) is 35.7. The van der Waals surface area contributed by atoms with E-state index in [1.807, 2.05) is 138 Å². The number of allylic oxidation sites excluding steroid dienone is 10. The Balaban J connectivity index is 1.79. The van der Waals surface area contributed by atoms with Gasteiger partial charge in [0.05, 0.1) is 24.0 Å². The highest BCUT2D eigenvalue weighted by molar-refractivity contribution is 5.56. The Bertz CT molecular complexity index is 2270. The fourth-order valence-electron chi connectivity index (χ4n) is 7.21. The predicted molar refractivity (Wildman–Crippen MR) is 231 cm³/mol. The van der Waals surface area contributed by atoms with Crippen molar-refractivity contribution >= 4 is 11.4 Å².